The molecule has 0 aromatic heterocycles. The van der Waals surface area contributed by atoms with Crippen molar-refractivity contribution in [2.24, 2.45) is 5.92 Å². The maximum atomic E-state index is 11.2. The highest BCUT2D eigenvalue weighted by Gasteiger charge is 2.48. The van der Waals surface area contributed by atoms with Crippen LogP contribution in [-0.2, 0) is 10.2 Å². The topological polar surface area (TPSA) is 37.3 Å². The molecule has 15 heavy (non-hydrogen) atoms. The lowest BCUT2D eigenvalue weighted by atomic mass is 9.57. The van der Waals surface area contributed by atoms with Crippen LogP contribution in [0.5, 0.6) is 5.75 Å². The summed E-state index contributed by atoms with van der Waals surface area (Å²) in [4.78, 5) is 11.2. The summed E-state index contributed by atoms with van der Waals surface area (Å²) in [7, 11) is 0. The summed E-state index contributed by atoms with van der Waals surface area (Å²) in [5, 5.41) is 9.83. The molecule has 1 aromatic carbocycles. The summed E-state index contributed by atoms with van der Waals surface area (Å²) in [5.41, 5.74) is 0.808. The van der Waals surface area contributed by atoms with Crippen molar-refractivity contribution in [2.45, 2.75) is 32.1 Å². The van der Waals surface area contributed by atoms with E-state index >= 15 is 0 Å². The van der Waals surface area contributed by atoms with Crippen molar-refractivity contribution in [3.05, 3.63) is 29.8 Å². The lowest BCUT2D eigenvalue weighted by molar-refractivity contribution is -0.130. The molecule has 0 amide bonds. The van der Waals surface area contributed by atoms with Gasteiger partial charge >= 0.3 is 0 Å². The molecule has 1 aliphatic rings. The van der Waals surface area contributed by atoms with Gasteiger partial charge in [0.1, 0.15) is 11.5 Å². The second kappa shape index (κ2) is 3.37. The van der Waals surface area contributed by atoms with Gasteiger partial charge < -0.3 is 5.11 Å². The van der Waals surface area contributed by atoms with E-state index in [1.54, 1.807) is 6.07 Å². The van der Waals surface area contributed by atoms with Crippen LogP contribution in [0, 0.1) is 5.92 Å². The standard InChI is InChI=1S/C13H16O2/c1-9(2)13(7-10(14)8-13)11-5-3-4-6-12(11)15/h3-6,9,15H,7-8H2,1-2H3. The number of Topliss-reactive ketones (excluding diaryl/α,β-unsaturated/α-hetero) is 1. The second-order valence-corrected chi connectivity index (χ2v) is 4.72. The molecule has 0 saturated heterocycles. The summed E-state index contributed by atoms with van der Waals surface area (Å²) in [6.07, 6.45) is 1.14. The molecule has 1 aromatic rings. The molecular formula is C13H16O2. The third-order valence-electron chi connectivity index (χ3n) is 3.57. The van der Waals surface area contributed by atoms with E-state index in [1.807, 2.05) is 18.2 Å². The number of benzene rings is 1. The minimum Gasteiger partial charge on any atom is -0.508 e. The highest BCUT2D eigenvalue weighted by molar-refractivity contribution is 5.89. The van der Waals surface area contributed by atoms with Gasteiger partial charge in [-0.3, -0.25) is 4.79 Å². The molecule has 2 nitrogen and oxygen atoms in total. The fraction of sp³-hybridized carbons (Fsp3) is 0.462. The van der Waals surface area contributed by atoms with E-state index in [1.165, 1.54) is 0 Å². The lowest BCUT2D eigenvalue weighted by Crippen LogP contribution is -2.45. The van der Waals surface area contributed by atoms with Crippen molar-refractivity contribution in [2.75, 3.05) is 0 Å². The second-order valence-electron chi connectivity index (χ2n) is 4.72. The lowest BCUT2D eigenvalue weighted by Gasteiger charge is -2.44. The largest absolute Gasteiger partial charge is 0.508 e. The molecule has 0 unspecified atom stereocenters. The number of phenolic OH excluding ortho intramolecular Hbond substituents is 1. The van der Waals surface area contributed by atoms with Crippen LogP contribution in [-0.4, -0.2) is 10.9 Å². The van der Waals surface area contributed by atoms with Gasteiger partial charge in [0.05, 0.1) is 0 Å². The number of aromatic hydroxyl groups is 1. The quantitative estimate of drug-likeness (QED) is 0.804. The van der Waals surface area contributed by atoms with Crippen LogP contribution in [0.25, 0.3) is 0 Å². The Morgan fingerprint density at radius 1 is 1.27 bits per heavy atom. The van der Waals surface area contributed by atoms with Crippen molar-refractivity contribution >= 4 is 5.78 Å². The molecule has 1 saturated carbocycles. The average Bonchev–Trinajstić information content (AvgIpc) is 2.13. The van der Waals surface area contributed by atoms with Gasteiger partial charge in [0, 0.05) is 23.8 Å². The first kappa shape index (κ1) is 10.2. The van der Waals surface area contributed by atoms with Crippen LogP contribution in [0.3, 0.4) is 0 Å². The summed E-state index contributed by atoms with van der Waals surface area (Å²) in [5.74, 6) is 0.995. The zero-order valence-electron chi connectivity index (χ0n) is 9.16. The smallest absolute Gasteiger partial charge is 0.134 e. The van der Waals surface area contributed by atoms with Crippen LogP contribution >= 0.6 is 0 Å². The fourth-order valence-corrected chi connectivity index (χ4v) is 2.46. The maximum absolute atomic E-state index is 11.2. The Balaban J connectivity index is 2.43. The van der Waals surface area contributed by atoms with Gasteiger partial charge in [-0.15, -0.1) is 0 Å². The number of para-hydroxylation sites is 1. The van der Waals surface area contributed by atoms with E-state index in [4.69, 9.17) is 0 Å². The summed E-state index contributed by atoms with van der Waals surface area (Å²) in [6, 6.07) is 7.36. The van der Waals surface area contributed by atoms with E-state index < -0.39 is 0 Å². The van der Waals surface area contributed by atoms with E-state index in [0.717, 1.165) is 5.56 Å². The molecule has 0 radical (unpaired) electrons. The van der Waals surface area contributed by atoms with Crippen molar-refractivity contribution in [3.63, 3.8) is 0 Å². The minimum atomic E-state index is -0.123. The number of rotatable bonds is 2. The summed E-state index contributed by atoms with van der Waals surface area (Å²) >= 11 is 0. The minimum absolute atomic E-state index is 0.123. The monoisotopic (exact) mass is 204 g/mol. The van der Waals surface area contributed by atoms with E-state index in [-0.39, 0.29) is 5.41 Å². The van der Waals surface area contributed by atoms with Crippen molar-refractivity contribution in [1.29, 1.82) is 0 Å². The maximum Gasteiger partial charge on any atom is 0.134 e. The van der Waals surface area contributed by atoms with E-state index in [9.17, 15) is 9.90 Å². The number of hydrogen-bond acceptors (Lipinski definition) is 2. The highest BCUT2D eigenvalue weighted by Crippen LogP contribution is 2.49. The van der Waals surface area contributed by atoms with Gasteiger partial charge in [-0.1, -0.05) is 32.0 Å². The van der Waals surface area contributed by atoms with Gasteiger partial charge in [-0.2, -0.15) is 0 Å². The normalized spacial score (nSPS) is 19.0. The molecule has 0 aliphatic heterocycles. The Morgan fingerprint density at radius 3 is 2.33 bits per heavy atom. The Labute approximate surface area is 89.9 Å². The molecule has 80 valence electrons. The molecular weight excluding hydrogens is 188 g/mol. The van der Waals surface area contributed by atoms with Crippen molar-refractivity contribution in [3.8, 4) is 5.75 Å². The molecule has 1 N–H and O–H groups in total. The molecule has 0 spiro atoms. The number of ketones is 1. The summed E-state index contributed by atoms with van der Waals surface area (Å²) in [6.45, 7) is 4.22. The van der Waals surface area contributed by atoms with Crippen LogP contribution < -0.4 is 0 Å². The predicted molar refractivity (Wildman–Crippen MR) is 58.9 cm³/mol. The van der Waals surface area contributed by atoms with Gasteiger partial charge in [-0.05, 0) is 12.0 Å². The number of phenols is 1. The van der Waals surface area contributed by atoms with E-state index in [2.05, 4.69) is 13.8 Å². The molecule has 1 aliphatic carbocycles. The van der Waals surface area contributed by atoms with Crippen molar-refractivity contribution < 1.29 is 9.90 Å². The Hall–Kier alpha value is -1.31. The first-order chi connectivity index (χ1) is 7.06. The predicted octanol–water partition coefficient (Wildman–Crippen LogP) is 2.65. The Bertz CT molecular complexity index is 385. The van der Waals surface area contributed by atoms with Gasteiger partial charge in [0.25, 0.3) is 0 Å². The van der Waals surface area contributed by atoms with Crippen molar-refractivity contribution in [1.82, 2.24) is 0 Å². The van der Waals surface area contributed by atoms with Crippen LogP contribution in [0.15, 0.2) is 24.3 Å². The molecule has 0 atom stereocenters. The van der Waals surface area contributed by atoms with Gasteiger partial charge in [-0.25, -0.2) is 0 Å². The third-order valence-corrected chi connectivity index (χ3v) is 3.57. The van der Waals surface area contributed by atoms with Gasteiger partial charge in [0.2, 0.25) is 0 Å². The van der Waals surface area contributed by atoms with E-state index in [0.29, 0.717) is 30.3 Å². The zero-order valence-corrected chi connectivity index (χ0v) is 9.16. The Kier molecular flexibility index (Phi) is 2.29. The molecule has 0 heterocycles. The molecule has 0 bridgehead atoms. The SMILES string of the molecule is CC(C)C1(c2ccccc2O)CC(=O)C1. The van der Waals surface area contributed by atoms with Crippen LogP contribution in [0.1, 0.15) is 32.3 Å². The number of carbonyl (C=O) groups is 1. The Morgan fingerprint density at radius 2 is 1.87 bits per heavy atom. The number of hydrogen-bond donors (Lipinski definition) is 1. The third kappa shape index (κ3) is 1.44. The first-order valence-corrected chi connectivity index (χ1v) is 5.36. The average molecular weight is 204 g/mol. The first-order valence-electron chi connectivity index (χ1n) is 5.36. The number of carbonyl (C=O) groups excluding carboxylic acids is 1. The highest BCUT2D eigenvalue weighted by atomic mass is 16.3. The van der Waals surface area contributed by atoms with Crippen LogP contribution in [0.2, 0.25) is 0 Å². The van der Waals surface area contributed by atoms with Gasteiger partial charge in [0.15, 0.2) is 0 Å². The summed E-state index contributed by atoms with van der Waals surface area (Å²) < 4.78 is 0. The fourth-order valence-electron chi connectivity index (χ4n) is 2.46. The molecule has 2 heteroatoms. The van der Waals surface area contributed by atoms with Crippen LogP contribution in [0.4, 0.5) is 0 Å². The zero-order chi connectivity index (χ0) is 11.1. The molecule has 2 rings (SSSR count). The molecule has 1 fully saturated rings.